The minimum absolute atomic E-state index is 0.00768. The fourth-order valence-electron chi connectivity index (χ4n) is 8.78. The Morgan fingerprint density at radius 3 is 2.08 bits per heavy atom. The monoisotopic (exact) mass is 948 g/mol. The number of sulfonamides is 2. The molecule has 0 bridgehead atoms. The lowest BCUT2D eigenvalue weighted by Gasteiger charge is -2.41. The third kappa shape index (κ3) is 9.80. The first-order chi connectivity index (χ1) is 30.5. The van der Waals surface area contributed by atoms with Crippen LogP contribution >= 0.6 is 0 Å². The molecule has 4 aromatic rings. The number of benzene rings is 2. The summed E-state index contributed by atoms with van der Waals surface area (Å²) < 4.78 is 146. The van der Waals surface area contributed by atoms with E-state index in [-0.39, 0.29) is 84.0 Å². The number of likely N-dealkylation sites (tertiary alicyclic amines) is 1. The molecule has 0 spiro atoms. The molecule has 1 aliphatic carbocycles. The summed E-state index contributed by atoms with van der Waals surface area (Å²) >= 11 is 0. The van der Waals surface area contributed by atoms with Crippen molar-refractivity contribution in [2.75, 3.05) is 32.6 Å². The number of amidine groups is 2. The summed E-state index contributed by atoms with van der Waals surface area (Å²) in [4.78, 5) is 24.3. The average Bonchev–Trinajstić information content (AvgIpc) is 3.86. The van der Waals surface area contributed by atoms with Gasteiger partial charge in [-0.25, -0.2) is 57.6 Å². The molecule has 1 saturated carbocycles. The van der Waals surface area contributed by atoms with E-state index < -0.39 is 85.0 Å². The molecule has 1 saturated heterocycles. The summed E-state index contributed by atoms with van der Waals surface area (Å²) in [5, 5.41) is 8.38. The van der Waals surface area contributed by atoms with Crippen molar-refractivity contribution >= 4 is 31.7 Å². The zero-order valence-electron chi connectivity index (χ0n) is 35.9. The van der Waals surface area contributed by atoms with Gasteiger partial charge >= 0.3 is 0 Å². The number of rotatable bonds is 10. The van der Waals surface area contributed by atoms with Gasteiger partial charge < -0.3 is 19.5 Å². The third-order valence-corrected chi connectivity index (χ3v) is 13.6. The normalized spacial score (nSPS) is 23.2. The second kappa shape index (κ2) is 17.5. The molecule has 2 N–H and O–H groups in total. The summed E-state index contributed by atoms with van der Waals surface area (Å²) in [6.07, 6.45) is 1.80. The molecule has 3 aliphatic heterocycles. The lowest BCUT2D eigenvalue weighted by atomic mass is 9.86. The maximum atomic E-state index is 16.6. The molecule has 14 nitrogen and oxygen atoms in total. The summed E-state index contributed by atoms with van der Waals surface area (Å²) in [5.74, 6) is -6.38. The van der Waals surface area contributed by atoms with Crippen molar-refractivity contribution < 1.29 is 52.9 Å². The Hall–Kier alpha value is -5.32. The Kier molecular flexibility index (Phi) is 12.4. The Balaban J connectivity index is 1.08. The van der Waals surface area contributed by atoms with E-state index >= 15 is 26.3 Å². The summed E-state index contributed by atoms with van der Waals surface area (Å²) in [5.41, 5.74) is 0.408. The van der Waals surface area contributed by atoms with Crippen molar-refractivity contribution in [3.05, 3.63) is 94.4 Å². The zero-order valence-corrected chi connectivity index (χ0v) is 37.5. The SMILES string of the molecule is Cc1cnc(C2CC(N(C)C3CC(NS(C)(=O)=O)C3)=NO2)c(-c2c(F)cc(-c3nc(C4CC(N5CC[C@@H](NS(C)(=O)=O)C(F)(F)CC5)=NO4)c(-c4c(F)cccc4F)cc3C)cc2F)c1. The maximum absolute atomic E-state index is 16.6. The van der Waals surface area contributed by atoms with Crippen LogP contribution in [0.1, 0.15) is 73.2 Å². The van der Waals surface area contributed by atoms with E-state index in [2.05, 4.69) is 20.0 Å². The number of hydrogen-bond acceptors (Lipinski definition) is 12. The molecule has 2 aromatic heterocycles. The van der Waals surface area contributed by atoms with Crippen LogP contribution in [-0.2, 0) is 29.7 Å². The average molecular weight is 949 g/mol. The van der Waals surface area contributed by atoms with Gasteiger partial charge in [0.25, 0.3) is 5.92 Å². The molecular formula is C43H46F6N8O6S2. The van der Waals surface area contributed by atoms with Gasteiger partial charge in [-0.05, 0) is 80.6 Å². The molecule has 2 unspecified atom stereocenters. The molecule has 2 aromatic carbocycles. The molecule has 65 heavy (non-hydrogen) atoms. The number of nitrogens with zero attached hydrogens (tertiary/aromatic N) is 6. The number of aryl methyl sites for hydroxylation is 2. The largest absolute Gasteiger partial charge is 0.384 e. The van der Waals surface area contributed by atoms with Crippen molar-refractivity contribution in [1.29, 1.82) is 0 Å². The van der Waals surface area contributed by atoms with Crippen LogP contribution in [0, 0.1) is 37.1 Å². The highest BCUT2D eigenvalue weighted by molar-refractivity contribution is 7.89. The van der Waals surface area contributed by atoms with Gasteiger partial charge in [0.2, 0.25) is 20.0 Å². The Morgan fingerprint density at radius 2 is 1.42 bits per heavy atom. The first-order valence-corrected chi connectivity index (χ1v) is 24.5. The van der Waals surface area contributed by atoms with Crippen LogP contribution in [0.3, 0.4) is 0 Å². The highest BCUT2D eigenvalue weighted by atomic mass is 32.2. The quantitative estimate of drug-likeness (QED) is 0.160. The van der Waals surface area contributed by atoms with E-state index in [1.54, 1.807) is 26.1 Å². The van der Waals surface area contributed by atoms with Gasteiger partial charge in [-0.1, -0.05) is 16.4 Å². The first-order valence-electron chi connectivity index (χ1n) is 20.7. The molecule has 2 fully saturated rings. The van der Waals surface area contributed by atoms with Crippen molar-refractivity contribution in [2.45, 2.75) is 88.6 Å². The third-order valence-electron chi connectivity index (χ3n) is 12.1. The Bertz CT molecular complexity index is 2790. The molecule has 3 atom stereocenters. The predicted octanol–water partition coefficient (Wildman–Crippen LogP) is 6.86. The number of alkyl halides is 2. The standard InChI is InChI=1S/C43H46F6N8O6S2/c1-22-13-27(41(50-21-22)33-19-36(52-62-33)56(3)26-17-25(18-26)54-64(4,58)59)39-31(46)15-24(16-32(39)47)40-23(2)14-28(38-29(44)7-6-8-30(38)45)42(51-40)34-20-37(53-63-34)57-11-9-35(55-65(5,60)61)43(48,49)10-12-57/h6-8,13-16,21,25-26,33-35,54-55H,9-12,17-20H2,1-5H3/t25?,26?,33?,34?,35-/m1/s1. The molecule has 348 valence electrons. The second-order valence-corrected chi connectivity index (χ2v) is 20.7. The van der Waals surface area contributed by atoms with Crippen LogP contribution in [0.25, 0.3) is 33.5 Å². The topological polar surface area (TPSA) is 168 Å². The van der Waals surface area contributed by atoms with Gasteiger partial charge in [-0.2, -0.15) is 0 Å². The van der Waals surface area contributed by atoms with Gasteiger partial charge in [0.1, 0.15) is 34.9 Å². The van der Waals surface area contributed by atoms with Gasteiger partial charge in [-0.15, -0.1) is 0 Å². The fourth-order valence-corrected chi connectivity index (χ4v) is 10.4. The number of aromatic nitrogens is 2. The summed E-state index contributed by atoms with van der Waals surface area (Å²) in [7, 11) is -5.49. The zero-order chi connectivity index (χ0) is 46.7. The number of pyridine rings is 2. The van der Waals surface area contributed by atoms with Crippen LogP contribution in [-0.4, -0.2) is 105 Å². The number of oxime groups is 2. The van der Waals surface area contributed by atoms with Gasteiger partial charge in [-0.3, -0.25) is 4.98 Å². The fraction of sp³-hybridized carbons (Fsp3) is 0.442. The molecular weight excluding hydrogens is 903 g/mol. The predicted molar refractivity (Wildman–Crippen MR) is 229 cm³/mol. The molecule has 8 rings (SSSR count). The smallest absolute Gasteiger partial charge is 0.265 e. The summed E-state index contributed by atoms with van der Waals surface area (Å²) in [6, 6.07) is 6.63. The molecule has 5 heterocycles. The van der Waals surface area contributed by atoms with Crippen molar-refractivity contribution in [1.82, 2.24) is 29.2 Å². The summed E-state index contributed by atoms with van der Waals surface area (Å²) in [6.45, 7) is 3.06. The van der Waals surface area contributed by atoms with Crippen LogP contribution in [0.4, 0.5) is 26.3 Å². The lowest BCUT2D eigenvalue weighted by Crippen LogP contribution is -2.53. The van der Waals surface area contributed by atoms with Crippen LogP contribution < -0.4 is 9.44 Å². The highest BCUT2D eigenvalue weighted by Crippen LogP contribution is 2.43. The van der Waals surface area contributed by atoms with E-state index in [1.807, 2.05) is 16.7 Å². The van der Waals surface area contributed by atoms with Gasteiger partial charge in [0, 0.05) is 61.5 Å². The minimum Gasteiger partial charge on any atom is -0.384 e. The molecule has 4 aliphatic rings. The molecule has 22 heteroatoms. The van der Waals surface area contributed by atoms with Crippen molar-refractivity contribution in [3.8, 4) is 33.5 Å². The van der Waals surface area contributed by atoms with E-state index in [0.717, 1.165) is 36.8 Å². The van der Waals surface area contributed by atoms with Crippen LogP contribution in [0.15, 0.2) is 59.0 Å². The van der Waals surface area contributed by atoms with Crippen molar-refractivity contribution in [2.24, 2.45) is 10.3 Å². The van der Waals surface area contributed by atoms with Gasteiger partial charge in [0.05, 0.1) is 59.6 Å². The van der Waals surface area contributed by atoms with Crippen LogP contribution in [0.2, 0.25) is 0 Å². The minimum atomic E-state index is -3.95. The van der Waals surface area contributed by atoms with Gasteiger partial charge in [0.15, 0.2) is 12.2 Å². The van der Waals surface area contributed by atoms with Crippen LogP contribution in [0.5, 0.6) is 0 Å². The second-order valence-electron chi connectivity index (χ2n) is 17.1. The molecule has 0 radical (unpaired) electrons. The van der Waals surface area contributed by atoms with E-state index in [9.17, 15) is 16.8 Å². The number of nitrogens with one attached hydrogen (secondary N) is 2. The Labute approximate surface area is 372 Å². The van der Waals surface area contributed by atoms with E-state index in [4.69, 9.17) is 14.7 Å². The number of halogens is 6. The van der Waals surface area contributed by atoms with E-state index in [0.29, 0.717) is 29.8 Å². The van der Waals surface area contributed by atoms with E-state index in [1.165, 1.54) is 17.0 Å². The molecule has 0 amide bonds. The number of hydrogen-bond donors (Lipinski definition) is 2. The first kappa shape index (κ1) is 46.2. The highest BCUT2D eigenvalue weighted by Gasteiger charge is 2.45. The van der Waals surface area contributed by atoms with Crippen molar-refractivity contribution in [3.63, 3.8) is 0 Å². The maximum Gasteiger partial charge on any atom is 0.265 e. The Morgan fingerprint density at radius 1 is 0.800 bits per heavy atom. The lowest BCUT2D eigenvalue weighted by molar-refractivity contribution is -0.0337.